The molecule has 5 nitrogen and oxygen atoms in total. The van der Waals surface area contributed by atoms with Gasteiger partial charge in [-0.25, -0.2) is 4.39 Å². The van der Waals surface area contributed by atoms with Crippen molar-refractivity contribution in [1.82, 2.24) is 15.1 Å². The van der Waals surface area contributed by atoms with E-state index in [0.717, 1.165) is 49.2 Å². The number of carbonyl (C=O) groups excluding carboxylic acids is 1. The van der Waals surface area contributed by atoms with Crippen molar-refractivity contribution >= 4 is 5.91 Å². The lowest BCUT2D eigenvalue weighted by atomic mass is 10.1. The Kier molecular flexibility index (Phi) is 6.93. The first-order valence-electron chi connectivity index (χ1n) is 8.34. The van der Waals surface area contributed by atoms with Gasteiger partial charge in [0.1, 0.15) is 5.82 Å². The normalized spacial score (nSPS) is 10.8. The predicted octanol–water partition coefficient (Wildman–Crippen LogP) is 2.74. The number of aromatic nitrogens is 2. The van der Waals surface area contributed by atoms with E-state index in [1.807, 2.05) is 19.2 Å². The molecule has 0 aliphatic heterocycles. The van der Waals surface area contributed by atoms with Crippen LogP contribution in [0.1, 0.15) is 31.4 Å². The highest BCUT2D eigenvalue weighted by atomic mass is 19.1. The lowest BCUT2D eigenvalue weighted by Gasteiger charge is -2.16. The summed E-state index contributed by atoms with van der Waals surface area (Å²) in [6, 6.07) is 8.39. The van der Waals surface area contributed by atoms with Gasteiger partial charge in [-0.2, -0.15) is 5.10 Å². The second kappa shape index (κ2) is 9.17. The summed E-state index contributed by atoms with van der Waals surface area (Å²) in [7, 11) is 1.82. The number of hydrogen-bond acceptors (Lipinski definition) is 3. The van der Waals surface area contributed by atoms with Gasteiger partial charge < -0.3 is 10.6 Å². The third-order valence-electron chi connectivity index (χ3n) is 3.97. The van der Waals surface area contributed by atoms with Crippen molar-refractivity contribution in [2.75, 3.05) is 20.1 Å². The molecule has 0 saturated carbocycles. The SMILES string of the molecule is CN(CCCCCc1cc(-c2cccc(F)c2)n[nH]1)C(=O)CCN. The molecule has 0 atom stereocenters. The van der Waals surface area contributed by atoms with Crippen LogP contribution < -0.4 is 5.73 Å². The first-order valence-corrected chi connectivity index (χ1v) is 8.34. The Morgan fingerprint density at radius 2 is 2.12 bits per heavy atom. The monoisotopic (exact) mass is 332 g/mol. The van der Waals surface area contributed by atoms with Gasteiger partial charge in [-0.15, -0.1) is 0 Å². The van der Waals surface area contributed by atoms with Gasteiger partial charge >= 0.3 is 0 Å². The van der Waals surface area contributed by atoms with E-state index in [0.29, 0.717) is 13.0 Å². The molecule has 0 radical (unpaired) electrons. The zero-order chi connectivity index (χ0) is 17.4. The smallest absolute Gasteiger partial charge is 0.223 e. The van der Waals surface area contributed by atoms with Gasteiger partial charge in [0, 0.05) is 37.8 Å². The summed E-state index contributed by atoms with van der Waals surface area (Å²) in [5, 5.41) is 7.25. The number of amides is 1. The maximum atomic E-state index is 13.2. The number of rotatable bonds is 9. The summed E-state index contributed by atoms with van der Waals surface area (Å²) in [6.07, 6.45) is 4.33. The number of nitrogens with zero attached hydrogens (tertiary/aromatic N) is 2. The van der Waals surface area contributed by atoms with E-state index < -0.39 is 0 Å². The Morgan fingerprint density at radius 1 is 1.29 bits per heavy atom. The number of carbonyl (C=O) groups is 1. The van der Waals surface area contributed by atoms with Crippen LogP contribution in [0.4, 0.5) is 4.39 Å². The average molecular weight is 332 g/mol. The zero-order valence-corrected chi connectivity index (χ0v) is 14.1. The number of nitrogens with one attached hydrogen (secondary N) is 1. The Morgan fingerprint density at radius 3 is 2.88 bits per heavy atom. The van der Waals surface area contributed by atoms with Crippen LogP contribution in [0, 0.1) is 5.82 Å². The molecule has 0 aliphatic rings. The fourth-order valence-corrected chi connectivity index (χ4v) is 2.57. The lowest BCUT2D eigenvalue weighted by molar-refractivity contribution is -0.129. The summed E-state index contributed by atoms with van der Waals surface area (Å²) in [5.74, 6) is -0.156. The Hall–Kier alpha value is -2.21. The molecule has 0 spiro atoms. The quantitative estimate of drug-likeness (QED) is 0.693. The van der Waals surface area contributed by atoms with Crippen LogP contribution in [-0.2, 0) is 11.2 Å². The molecule has 0 fully saturated rings. The van der Waals surface area contributed by atoms with Crippen LogP contribution in [0.3, 0.4) is 0 Å². The predicted molar refractivity (Wildman–Crippen MR) is 92.8 cm³/mol. The highest BCUT2D eigenvalue weighted by molar-refractivity contribution is 5.75. The van der Waals surface area contributed by atoms with Gasteiger partial charge in [-0.1, -0.05) is 18.6 Å². The molecule has 0 bridgehead atoms. The minimum absolute atomic E-state index is 0.103. The van der Waals surface area contributed by atoms with E-state index in [2.05, 4.69) is 10.2 Å². The first kappa shape index (κ1) is 18.1. The highest BCUT2D eigenvalue weighted by Crippen LogP contribution is 2.19. The molecule has 130 valence electrons. The van der Waals surface area contributed by atoms with E-state index in [-0.39, 0.29) is 11.7 Å². The van der Waals surface area contributed by atoms with Gasteiger partial charge in [0.15, 0.2) is 0 Å². The number of aryl methyl sites for hydroxylation is 1. The van der Waals surface area contributed by atoms with Crippen molar-refractivity contribution in [2.24, 2.45) is 5.73 Å². The topological polar surface area (TPSA) is 75.0 Å². The third kappa shape index (κ3) is 5.45. The van der Waals surface area contributed by atoms with Crippen molar-refractivity contribution in [3.8, 4) is 11.3 Å². The summed E-state index contributed by atoms with van der Waals surface area (Å²) < 4.78 is 13.2. The molecule has 3 N–H and O–H groups in total. The van der Waals surface area contributed by atoms with Gasteiger partial charge in [-0.05, 0) is 37.5 Å². The molecule has 24 heavy (non-hydrogen) atoms. The summed E-state index contributed by atoms with van der Waals surface area (Å²) in [6.45, 7) is 1.16. The number of H-pyrrole nitrogens is 1. The summed E-state index contributed by atoms with van der Waals surface area (Å²) in [5.41, 5.74) is 7.96. The molecule has 6 heteroatoms. The van der Waals surface area contributed by atoms with Crippen LogP contribution in [0.5, 0.6) is 0 Å². The Labute approximate surface area is 142 Å². The average Bonchev–Trinajstić information content (AvgIpc) is 3.03. The van der Waals surface area contributed by atoms with Crippen LogP contribution >= 0.6 is 0 Å². The van der Waals surface area contributed by atoms with E-state index in [4.69, 9.17) is 5.73 Å². The first-order chi connectivity index (χ1) is 11.6. The molecule has 0 unspecified atom stereocenters. The van der Waals surface area contributed by atoms with Gasteiger partial charge in [0.25, 0.3) is 0 Å². The largest absolute Gasteiger partial charge is 0.346 e. The molecular weight excluding hydrogens is 307 g/mol. The van der Waals surface area contributed by atoms with Gasteiger partial charge in [0.05, 0.1) is 5.69 Å². The Balaban J connectivity index is 1.71. The second-order valence-corrected chi connectivity index (χ2v) is 5.95. The van der Waals surface area contributed by atoms with Crippen molar-refractivity contribution in [1.29, 1.82) is 0 Å². The molecule has 1 aromatic heterocycles. The molecule has 1 aromatic carbocycles. The number of unbranched alkanes of at least 4 members (excludes halogenated alkanes) is 2. The molecule has 2 rings (SSSR count). The fourth-order valence-electron chi connectivity index (χ4n) is 2.57. The van der Waals surface area contributed by atoms with Crippen molar-refractivity contribution in [3.05, 3.63) is 41.8 Å². The number of aromatic amines is 1. The van der Waals surface area contributed by atoms with Crippen LogP contribution in [0.25, 0.3) is 11.3 Å². The molecule has 1 heterocycles. The van der Waals surface area contributed by atoms with Crippen LogP contribution in [0.2, 0.25) is 0 Å². The van der Waals surface area contributed by atoms with E-state index >= 15 is 0 Å². The van der Waals surface area contributed by atoms with Crippen molar-refractivity contribution in [2.45, 2.75) is 32.1 Å². The van der Waals surface area contributed by atoms with Gasteiger partial charge in [-0.3, -0.25) is 9.89 Å². The van der Waals surface area contributed by atoms with Crippen LogP contribution in [-0.4, -0.2) is 41.1 Å². The fraction of sp³-hybridized carbons (Fsp3) is 0.444. The van der Waals surface area contributed by atoms with E-state index in [1.54, 1.807) is 11.0 Å². The Bertz CT molecular complexity index is 656. The van der Waals surface area contributed by atoms with E-state index in [1.165, 1.54) is 12.1 Å². The third-order valence-corrected chi connectivity index (χ3v) is 3.97. The maximum absolute atomic E-state index is 13.2. The second-order valence-electron chi connectivity index (χ2n) is 5.95. The summed E-state index contributed by atoms with van der Waals surface area (Å²) in [4.78, 5) is 13.3. The number of nitrogens with two attached hydrogens (primary N) is 1. The number of benzene rings is 1. The molecular formula is C18H25FN4O. The maximum Gasteiger partial charge on any atom is 0.223 e. The molecule has 1 amide bonds. The van der Waals surface area contributed by atoms with E-state index in [9.17, 15) is 9.18 Å². The zero-order valence-electron chi connectivity index (χ0n) is 14.1. The lowest BCUT2D eigenvalue weighted by Crippen LogP contribution is -2.29. The van der Waals surface area contributed by atoms with Crippen LogP contribution in [0.15, 0.2) is 30.3 Å². The van der Waals surface area contributed by atoms with Gasteiger partial charge in [0.2, 0.25) is 5.91 Å². The summed E-state index contributed by atoms with van der Waals surface area (Å²) >= 11 is 0. The molecule has 0 aliphatic carbocycles. The minimum Gasteiger partial charge on any atom is -0.346 e. The highest BCUT2D eigenvalue weighted by Gasteiger charge is 2.07. The number of hydrogen-bond donors (Lipinski definition) is 2. The standard InChI is InChI=1S/C18H25FN4O/c1-23(18(24)9-10-20)11-4-2-3-8-16-13-17(22-21-16)14-6-5-7-15(19)12-14/h5-7,12-13H,2-4,8-11,20H2,1H3,(H,21,22). The minimum atomic E-state index is -0.259. The molecule has 2 aromatic rings. The van der Waals surface area contributed by atoms with Crippen molar-refractivity contribution in [3.63, 3.8) is 0 Å². The molecule has 0 saturated heterocycles. The number of halogens is 1. The van der Waals surface area contributed by atoms with Crippen molar-refractivity contribution < 1.29 is 9.18 Å².